The molecule has 4 aromatic heterocycles. The third-order valence-electron chi connectivity index (χ3n) is 5.25. The average molecular weight is 387 g/mol. The molecule has 0 fully saturated rings. The maximum atomic E-state index is 12.3. The molecule has 29 heavy (non-hydrogen) atoms. The molecule has 0 aromatic carbocycles. The Bertz CT molecular complexity index is 1240. The Labute approximate surface area is 168 Å². The molecular formula is C22H21N5O2. The van der Waals surface area contributed by atoms with Crippen LogP contribution in [0.15, 0.2) is 42.7 Å². The Balaban J connectivity index is 1.71. The van der Waals surface area contributed by atoms with Crippen molar-refractivity contribution < 1.29 is 9.53 Å². The number of carbonyl (C=O) groups is 1. The maximum Gasteiger partial charge on any atom is 0.356 e. The number of pyridine rings is 2. The van der Waals surface area contributed by atoms with E-state index in [1.165, 1.54) is 5.69 Å². The van der Waals surface area contributed by atoms with Crippen molar-refractivity contribution in [2.24, 2.45) is 0 Å². The van der Waals surface area contributed by atoms with Gasteiger partial charge in [-0.25, -0.2) is 9.78 Å². The Morgan fingerprint density at radius 1 is 1.24 bits per heavy atom. The van der Waals surface area contributed by atoms with Gasteiger partial charge in [-0.15, -0.1) is 0 Å². The second kappa shape index (κ2) is 6.84. The molecule has 0 radical (unpaired) electrons. The van der Waals surface area contributed by atoms with E-state index in [0.29, 0.717) is 17.9 Å². The molecule has 1 aliphatic rings. The third-order valence-corrected chi connectivity index (χ3v) is 5.25. The number of fused-ring (bicyclic) bond motifs is 2. The number of aryl methyl sites for hydroxylation is 2. The number of hydrogen-bond donors (Lipinski definition) is 0. The van der Waals surface area contributed by atoms with Crippen molar-refractivity contribution in [3.8, 4) is 22.5 Å². The summed E-state index contributed by atoms with van der Waals surface area (Å²) in [5, 5.41) is 4.87. The van der Waals surface area contributed by atoms with Gasteiger partial charge in [-0.1, -0.05) is 6.07 Å². The zero-order chi connectivity index (χ0) is 20.0. The van der Waals surface area contributed by atoms with Gasteiger partial charge in [0.15, 0.2) is 5.69 Å². The molecule has 0 N–H and O–H groups in total. The van der Waals surface area contributed by atoms with Gasteiger partial charge in [0.25, 0.3) is 0 Å². The summed E-state index contributed by atoms with van der Waals surface area (Å²) in [6, 6.07) is 9.94. The summed E-state index contributed by atoms with van der Waals surface area (Å²) in [6.07, 6.45) is 5.56. The first-order valence-corrected chi connectivity index (χ1v) is 9.84. The number of ether oxygens (including phenoxy) is 1. The van der Waals surface area contributed by atoms with Crippen LogP contribution >= 0.6 is 0 Å². The highest BCUT2D eigenvalue weighted by Crippen LogP contribution is 2.37. The molecule has 4 aromatic rings. The lowest BCUT2D eigenvalue weighted by atomic mass is 10.0. The van der Waals surface area contributed by atoms with Gasteiger partial charge in [0.2, 0.25) is 0 Å². The molecule has 0 saturated heterocycles. The van der Waals surface area contributed by atoms with Crippen LogP contribution in [-0.4, -0.2) is 36.7 Å². The van der Waals surface area contributed by atoms with Crippen LogP contribution in [0.2, 0.25) is 0 Å². The van der Waals surface area contributed by atoms with Crippen LogP contribution in [0, 0.1) is 6.92 Å². The van der Waals surface area contributed by atoms with E-state index in [4.69, 9.17) is 14.8 Å². The zero-order valence-electron chi connectivity index (χ0n) is 16.4. The molecule has 0 saturated carbocycles. The van der Waals surface area contributed by atoms with Crippen LogP contribution in [0.5, 0.6) is 0 Å². The minimum atomic E-state index is -0.377. The molecular weight excluding hydrogens is 366 g/mol. The number of carbonyl (C=O) groups excluding carboxylic acids is 1. The van der Waals surface area contributed by atoms with Crippen LogP contribution in [0.25, 0.3) is 28.2 Å². The molecule has 0 aliphatic carbocycles. The van der Waals surface area contributed by atoms with Crippen molar-refractivity contribution >= 4 is 11.6 Å². The van der Waals surface area contributed by atoms with E-state index in [-0.39, 0.29) is 5.97 Å². The van der Waals surface area contributed by atoms with Crippen LogP contribution in [0.4, 0.5) is 0 Å². The van der Waals surface area contributed by atoms with Crippen molar-refractivity contribution in [3.05, 3.63) is 59.8 Å². The Morgan fingerprint density at radius 2 is 2.14 bits per heavy atom. The van der Waals surface area contributed by atoms with Crippen LogP contribution in [-0.2, 0) is 17.7 Å². The van der Waals surface area contributed by atoms with Crippen molar-refractivity contribution in [1.29, 1.82) is 0 Å². The summed E-state index contributed by atoms with van der Waals surface area (Å²) in [5.41, 5.74) is 7.09. The van der Waals surface area contributed by atoms with Crippen molar-refractivity contribution in [2.75, 3.05) is 6.61 Å². The Hall–Kier alpha value is -3.48. The molecule has 5 heterocycles. The third kappa shape index (κ3) is 2.90. The predicted octanol–water partition coefficient (Wildman–Crippen LogP) is 3.69. The lowest BCUT2D eigenvalue weighted by molar-refractivity contribution is 0.0518. The number of hydrogen-bond acceptors (Lipinski definition) is 5. The van der Waals surface area contributed by atoms with Gasteiger partial charge in [-0.05, 0) is 51.0 Å². The van der Waals surface area contributed by atoms with E-state index in [1.807, 2.05) is 43.5 Å². The second-order valence-corrected chi connectivity index (χ2v) is 7.17. The molecule has 0 amide bonds. The number of imidazole rings is 1. The first kappa shape index (κ1) is 17.6. The highest BCUT2D eigenvalue weighted by molar-refractivity contribution is 5.89. The first-order valence-electron chi connectivity index (χ1n) is 9.84. The number of nitrogens with zero attached hydrogens (tertiary/aromatic N) is 5. The Kier molecular flexibility index (Phi) is 4.16. The Morgan fingerprint density at radius 3 is 2.97 bits per heavy atom. The number of aromatic nitrogens is 5. The second-order valence-electron chi connectivity index (χ2n) is 7.17. The molecule has 1 aliphatic heterocycles. The van der Waals surface area contributed by atoms with Gasteiger partial charge in [0.1, 0.15) is 11.3 Å². The summed E-state index contributed by atoms with van der Waals surface area (Å²) >= 11 is 0. The smallest absolute Gasteiger partial charge is 0.356 e. The van der Waals surface area contributed by atoms with Gasteiger partial charge in [-0.3, -0.25) is 14.1 Å². The monoisotopic (exact) mass is 387 g/mol. The zero-order valence-corrected chi connectivity index (χ0v) is 16.4. The minimum Gasteiger partial charge on any atom is -0.461 e. The highest BCUT2D eigenvalue weighted by atomic mass is 16.5. The van der Waals surface area contributed by atoms with E-state index in [9.17, 15) is 4.79 Å². The summed E-state index contributed by atoms with van der Waals surface area (Å²) in [6.45, 7) is 5.02. The number of rotatable bonds is 4. The van der Waals surface area contributed by atoms with Crippen molar-refractivity contribution in [2.45, 2.75) is 33.2 Å². The fraction of sp³-hybridized carbons (Fsp3) is 0.273. The lowest BCUT2D eigenvalue weighted by Gasteiger charge is -2.08. The normalized spacial score (nSPS) is 13.0. The molecule has 7 nitrogen and oxygen atoms in total. The molecule has 0 atom stereocenters. The summed E-state index contributed by atoms with van der Waals surface area (Å²) < 4.78 is 9.05. The SMILES string of the molecule is CCOC(=O)c1cnc2ccc(-c3c(-c4cccc(C)n4)nn4c3CCC4)cn12. The lowest BCUT2D eigenvalue weighted by Crippen LogP contribution is -2.07. The minimum absolute atomic E-state index is 0.325. The van der Waals surface area contributed by atoms with Gasteiger partial charge in [0, 0.05) is 35.3 Å². The maximum absolute atomic E-state index is 12.3. The van der Waals surface area contributed by atoms with E-state index in [2.05, 4.69) is 9.67 Å². The molecule has 5 rings (SSSR count). The van der Waals surface area contributed by atoms with Gasteiger partial charge < -0.3 is 4.74 Å². The predicted molar refractivity (Wildman–Crippen MR) is 109 cm³/mol. The molecule has 146 valence electrons. The molecule has 0 spiro atoms. The van der Waals surface area contributed by atoms with Crippen molar-refractivity contribution in [3.63, 3.8) is 0 Å². The van der Waals surface area contributed by atoms with Crippen LogP contribution < -0.4 is 0 Å². The van der Waals surface area contributed by atoms with Crippen LogP contribution in [0.3, 0.4) is 0 Å². The average Bonchev–Trinajstić information content (AvgIpc) is 3.41. The standard InChI is InChI=1S/C22H21N5O2/c1-3-29-22(28)18-12-23-19-10-9-15(13-26(18)19)20-17-8-5-11-27(17)25-21(20)16-7-4-6-14(2)24-16/h4,6-7,9-10,12-13H,3,5,8,11H2,1-2H3. The van der Waals surface area contributed by atoms with Gasteiger partial charge in [-0.2, -0.15) is 5.10 Å². The molecule has 7 heteroatoms. The first-order chi connectivity index (χ1) is 14.2. The fourth-order valence-electron chi connectivity index (χ4n) is 3.97. The fourth-order valence-corrected chi connectivity index (χ4v) is 3.97. The van der Waals surface area contributed by atoms with Gasteiger partial charge in [0.05, 0.1) is 18.5 Å². The van der Waals surface area contributed by atoms with Gasteiger partial charge >= 0.3 is 5.97 Å². The van der Waals surface area contributed by atoms with Crippen LogP contribution in [0.1, 0.15) is 35.2 Å². The highest BCUT2D eigenvalue weighted by Gasteiger charge is 2.25. The molecule has 0 bridgehead atoms. The van der Waals surface area contributed by atoms with Crippen molar-refractivity contribution in [1.82, 2.24) is 24.1 Å². The number of esters is 1. The van der Waals surface area contributed by atoms with E-state index in [1.54, 1.807) is 17.5 Å². The summed E-state index contributed by atoms with van der Waals surface area (Å²) in [5.74, 6) is -0.377. The van der Waals surface area contributed by atoms with E-state index in [0.717, 1.165) is 47.6 Å². The van der Waals surface area contributed by atoms with E-state index < -0.39 is 0 Å². The molecule has 0 unspecified atom stereocenters. The summed E-state index contributed by atoms with van der Waals surface area (Å²) in [7, 11) is 0. The quantitative estimate of drug-likeness (QED) is 0.499. The largest absolute Gasteiger partial charge is 0.461 e. The van der Waals surface area contributed by atoms with E-state index >= 15 is 0 Å². The topological polar surface area (TPSA) is 74.3 Å². The summed E-state index contributed by atoms with van der Waals surface area (Å²) in [4.78, 5) is 21.4.